The predicted octanol–water partition coefficient (Wildman–Crippen LogP) is 2.45. The number of halogens is 3. The molecule has 0 aliphatic carbocycles. The minimum atomic E-state index is -4.46. The Hall–Kier alpha value is -1.68. The summed E-state index contributed by atoms with van der Waals surface area (Å²) >= 11 is 0.502. The van der Waals surface area contributed by atoms with Gasteiger partial charge in [0.15, 0.2) is 0 Å². The van der Waals surface area contributed by atoms with E-state index in [1.54, 1.807) is 24.1 Å². The Bertz CT molecular complexity index is 784. The third-order valence-corrected chi connectivity index (χ3v) is 6.08. The van der Waals surface area contributed by atoms with Crippen LogP contribution < -0.4 is 0 Å². The Morgan fingerprint density at radius 2 is 2.21 bits per heavy atom. The second-order valence-corrected chi connectivity index (χ2v) is 8.00. The topological polar surface area (TPSA) is 55.2 Å². The van der Waals surface area contributed by atoms with E-state index in [-0.39, 0.29) is 17.9 Å². The molecule has 24 heavy (non-hydrogen) atoms. The molecule has 1 fully saturated rings. The number of amides is 1. The van der Waals surface area contributed by atoms with Crippen LogP contribution in [0.3, 0.4) is 0 Å². The van der Waals surface area contributed by atoms with Crippen LogP contribution in [0, 0.1) is 0 Å². The van der Waals surface area contributed by atoms with Gasteiger partial charge in [-0.15, -0.1) is 11.3 Å². The second-order valence-electron chi connectivity index (χ2n) is 5.47. The van der Waals surface area contributed by atoms with E-state index in [4.69, 9.17) is 0 Å². The number of thiophene rings is 1. The monoisotopic (exact) mass is 377 g/mol. The molecule has 2 aromatic heterocycles. The first-order chi connectivity index (χ1) is 11.3. The fourth-order valence-electron chi connectivity index (χ4n) is 2.60. The molecule has 2 aromatic rings. The van der Waals surface area contributed by atoms with Crippen LogP contribution in [0.25, 0.3) is 0 Å². The van der Waals surface area contributed by atoms with Crippen molar-refractivity contribution in [1.29, 1.82) is 0 Å². The van der Waals surface area contributed by atoms with Crippen LogP contribution in [0.5, 0.6) is 0 Å². The zero-order valence-corrected chi connectivity index (χ0v) is 14.2. The van der Waals surface area contributed by atoms with E-state index in [0.717, 1.165) is 11.6 Å². The van der Waals surface area contributed by atoms with Crippen LogP contribution in [0.4, 0.5) is 13.2 Å². The molecule has 2 atom stereocenters. The van der Waals surface area contributed by atoms with Gasteiger partial charge in [0.1, 0.15) is 4.88 Å². The second kappa shape index (κ2) is 6.32. The molecule has 0 radical (unpaired) electrons. The lowest BCUT2D eigenvalue weighted by atomic mass is 10.1. The smallest absolute Gasteiger partial charge is 0.330 e. The molecule has 130 valence electrons. The number of aromatic nitrogens is 2. The summed E-state index contributed by atoms with van der Waals surface area (Å²) in [5, 5.41) is 5.27. The summed E-state index contributed by atoms with van der Waals surface area (Å²) in [6, 6.07) is 0.425. The van der Waals surface area contributed by atoms with E-state index < -0.39 is 33.8 Å². The number of hydrogen-bond acceptors (Lipinski definition) is 4. The van der Waals surface area contributed by atoms with Crippen molar-refractivity contribution in [2.75, 3.05) is 18.1 Å². The van der Waals surface area contributed by atoms with Crippen LogP contribution in [0.15, 0.2) is 23.8 Å². The quantitative estimate of drug-likeness (QED) is 0.808. The molecular weight excluding hydrogens is 363 g/mol. The highest BCUT2D eigenvalue weighted by Gasteiger charge is 2.36. The minimum Gasteiger partial charge on any atom is -0.330 e. The van der Waals surface area contributed by atoms with Gasteiger partial charge in [-0.3, -0.25) is 13.7 Å². The highest BCUT2D eigenvalue weighted by molar-refractivity contribution is 7.85. The van der Waals surface area contributed by atoms with Gasteiger partial charge in [-0.2, -0.15) is 18.3 Å². The zero-order chi connectivity index (χ0) is 17.5. The van der Waals surface area contributed by atoms with Crippen LogP contribution in [-0.2, 0) is 24.0 Å². The number of rotatable bonds is 2. The number of carbonyl (C=O) groups excluding carboxylic acids is 1. The zero-order valence-electron chi connectivity index (χ0n) is 12.6. The summed E-state index contributed by atoms with van der Waals surface area (Å²) in [5.74, 6) is 0.0965. The average molecular weight is 377 g/mol. The highest BCUT2D eigenvalue weighted by atomic mass is 32.2. The molecule has 10 heteroatoms. The lowest BCUT2D eigenvalue weighted by Crippen LogP contribution is -2.44. The van der Waals surface area contributed by atoms with Crippen molar-refractivity contribution in [2.24, 2.45) is 7.05 Å². The molecule has 3 rings (SSSR count). The van der Waals surface area contributed by atoms with Gasteiger partial charge in [0, 0.05) is 53.0 Å². The molecule has 1 amide bonds. The Morgan fingerprint density at radius 1 is 1.46 bits per heavy atom. The third kappa shape index (κ3) is 3.39. The van der Waals surface area contributed by atoms with Gasteiger partial charge in [0.2, 0.25) is 0 Å². The van der Waals surface area contributed by atoms with E-state index in [2.05, 4.69) is 5.10 Å². The Labute approximate surface area is 142 Å². The first-order valence-electron chi connectivity index (χ1n) is 7.06. The summed E-state index contributed by atoms with van der Waals surface area (Å²) in [6.45, 7) is 0.238. The van der Waals surface area contributed by atoms with Crippen LogP contribution in [-0.4, -0.2) is 42.8 Å². The van der Waals surface area contributed by atoms with Gasteiger partial charge in [-0.1, -0.05) is 0 Å². The minimum absolute atomic E-state index is 0.00824. The van der Waals surface area contributed by atoms with Crippen molar-refractivity contribution in [2.45, 2.75) is 12.2 Å². The fourth-order valence-corrected chi connectivity index (χ4v) is 4.64. The Morgan fingerprint density at radius 3 is 2.79 bits per heavy atom. The van der Waals surface area contributed by atoms with Gasteiger partial charge in [-0.25, -0.2) is 0 Å². The molecule has 5 nitrogen and oxygen atoms in total. The first kappa shape index (κ1) is 17.2. The van der Waals surface area contributed by atoms with E-state index in [1.165, 1.54) is 10.3 Å². The molecule has 0 aromatic carbocycles. The maximum Gasteiger partial charge on any atom is 0.425 e. The normalized spacial score (nSPS) is 21.9. The Kier molecular flexibility index (Phi) is 4.52. The fraction of sp³-hybridized carbons (Fsp3) is 0.429. The van der Waals surface area contributed by atoms with Crippen LogP contribution in [0.2, 0.25) is 0 Å². The van der Waals surface area contributed by atoms with Crippen molar-refractivity contribution in [3.8, 4) is 0 Å². The van der Waals surface area contributed by atoms with Gasteiger partial charge in [-0.05, 0) is 6.07 Å². The van der Waals surface area contributed by atoms with Crippen molar-refractivity contribution in [3.63, 3.8) is 0 Å². The van der Waals surface area contributed by atoms with Gasteiger partial charge < -0.3 is 4.90 Å². The maximum absolute atomic E-state index is 12.7. The standard InChI is InChI=1S/C14H14F3N3O2S2/c1-19-6-10(5-18-19)11-8-24(22)3-2-20(11)13(21)9-4-12(23-7-9)14(15,16)17/h4-7,11H,2-3,8H2,1H3. The summed E-state index contributed by atoms with van der Waals surface area (Å²) in [6.07, 6.45) is -1.15. The summed E-state index contributed by atoms with van der Waals surface area (Å²) in [4.78, 5) is 13.4. The third-order valence-electron chi connectivity index (χ3n) is 3.78. The molecule has 1 aliphatic rings. The number of nitrogens with zero attached hydrogens (tertiary/aromatic N) is 3. The SMILES string of the molecule is Cn1cc(C2CS(=O)CCN2C(=O)c2csc(C(F)(F)F)c2)cn1. The first-order valence-corrected chi connectivity index (χ1v) is 9.42. The van der Waals surface area contributed by atoms with Crippen molar-refractivity contribution >= 4 is 28.0 Å². The molecule has 0 saturated carbocycles. The van der Waals surface area contributed by atoms with Gasteiger partial charge in [0.05, 0.1) is 17.8 Å². The van der Waals surface area contributed by atoms with Crippen molar-refractivity contribution in [1.82, 2.24) is 14.7 Å². The van der Waals surface area contributed by atoms with Crippen LogP contribution in [0.1, 0.15) is 26.8 Å². The van der Waals surface area contributed by atoms with E-state index in [0.29, 0.717) is 17.1 Å². The molecule has 0 bridgehead atoms. The highest BCUT2D eigenvalue weighted by Crippen LogP contribution is 2.35. The number of alkyl halides is 3. The molecule has 3 heterocycles. The largest absolute Gasteiger partial charge is 0.425 e. The van der Waals surface area contributed by atoms with Crippen molar-refractivity contribution in [3.05, 3.63) is 39.8 Å². The molecular formula is C14H14F3N3O2S2. The lowest BCUT2D eigenvalue weighted by molar-refractivity contribution is -0.134. The van der Waals surface area contributed by atoms with Gasteiger partial charge >= 0.3 is 6.18 Å². The Balaban J connectivity index is 1.89. The van der Waals surface area contributed by atoms with E-state index in [9.17, 15) is 22.2 Å². The van der Waals surface area contributed by atoms with Crippen molar-refractivity contribution < 1.29 is 22.2 Å². The number of carbonyl (C=O) groups is 1. The molecule has 0 N–H and O–H groups in total. The van der Waals surface area contributed by atoms with Gasteiger partial charge in [0.25, 0.3) is 5.91 Å². The summed E-state index contributed by atoms with van der Waals surface area (Å²) in [5.41, 5.74) is 0.735. The molecule has 2 unspecified atom stereocenters. The lowest BCUT2D eigenvalue weighted by Gasteiger charge is -2.34. The number of hydrogen-bond donors (Lipinski definition) is 0. The predicted molar refractivity (Wildman–Crippen MR) is 84.2 cm³/mol. The molecule has 0 spiro atoms. The average Bonchev–Trinajstić information content (AvgIpc) is 3.15. The number of aryl methyl sites for hydroxylation is 1. The van der Waals surface area contributed by atoms with E-state index >= 15 is 0 Å². The molecule has 1 aliphatic heterocycles. The summed E-state index contributed by atoms with van der Waals surface area (Å²) in [7, 11) is 0.654. The summed E-state index contributed by atoms with van der Waals surface area (Å²) < 4.78 is 51.7. The maximum atomic E-state index is 12.7. The van der Waals surface area contributed by atoms with Crippen LogP contribution >= 0.6 is 11.3 Å². The van der Waals surface area contributed by atoms with E-state index in [1.807, 2.05) is 0 Å². The molecule has 1 saturated heterocycles.